The molecule has 1 heterocycles. The fourth-order valence-corrected chi connectivity index (χ4v) is 2.18. The van der Waals surface area contributed by atoms with Gasteiger partial charge in [0.15, 0.2) is 5.78 Å². The van der Waals surface area contributed by atoms with Crippen molar-refractivity contribution in [3.05, 3.63) is 89.4 Å². The van der Waals surface area contributed by atoms with Gasteiger partial charge in [-0.05, 0) is 55.5 Å². The van der Waals surface area contributed by atoms with Crippen LogP contribution >= 0.6 is 0 Å². The summed E-state index contributed by atoms with van der Waals surface area (Å²) >= 11 is 0. The number of benzene rings is 2. The summed E-state index contributed by atoms with van der Waals surface area (Å²) in [4.78, 5) is 12.0. The van der Waals surface area contributed by atoms with Gasteiger partial charge in [-0.1, -0.05) is 29.8 Å². The molecule has 3 rings (SSSR count). The number of carbonyl (C=O) groups is 1. The Labute approximate surface area is 133 Å². The van der Waals surface area contributed by atoms with Gasteiger partial charge in [-0.25, -0.2) is 4.39 Å². The van der Waals surface area contributed by atoms with Crippen LogP contribution in [0.1, 0.15) is 21.7 Å². The van der Waals surface area contributed by atoms with E-state index in [0.29, 0.717) is 11.3 Å². The molecule has 0 saturated heterocycles. The van der Waals surface area contributed by atoms with Crippen molar-refractivity contribution in [1.29, 1.82) is 0 Å². The molecule has 23 heavy (non-hydrogen) atoms. The highest BCUT2D eigenvalue weighted by atomic mass is 19.1. The normalized spacial score (nSPS) is 11.0. The number of hydrogen-bond acceptors (Lipinski definition) is 2. The van der Waals surface area contributed by atoms with E-state index in [1.54, 1.807) is 6.08 Å². The molecule has 114 valence electrons. The molecule has 1 aromatic heterocycles. The van der Waals surface area contributed by atoms with E-state index >= 15 is 0 Å². The van der Waals surface area contributed by atoms with Gasteiger partial charge in [0, 0.05) is 11.1 Å². The van der Waals surface area contributed by atoms with E-state index in [1.807, 2.05) is 43.3 Å². The third kappa shape index (κ3) is 3.64. The molecule has 0 N–H and O–H groups in total. The minimum absolute atomic E-state index is 0.196. The molecule has 2 nitrogen and oxygen atoms in total. The van der Waals surface area contributed by atoms with E-state index in [0.717, 1.165) is 11.3 Å². The summed E-state index contributed by atoms with van der Waals surface area (Å²) in [7, 11) is 0. The van der Waals surface area contributed by atoms with Crippen LogP contribution in [0, 0.1) is 12.7 Å². The number of carbonyl (C=O) groups excluding carboxylic acids is 1. The van der Waals surface area contributed by atoms with Crippen molar-refractivity contribution in [1.82, 2.24) is 0 Å². The maximum atomic E-state index is 12.8. The second-order valence-electron chi connectivity index (χ2n) is 5.27. The molecule has 0 aliphatic heterocycles. The van der Waals surface area contributed by atoms with Crippen molar-refractivity contribution >= 4 is 11.9 Å². The summed E-state index contributed by atoms with van der Waals surface area (Å²) in [6.07, 6.45) is 3.04. The highest BCUT2D eigenvalue weighted by Gasteiger charge is 2.05. The lowest BCUT2D eigenvalue weighted by Gasteiger charge is -1.97. The molecule has 0 saturated carbocycles. The van der Waals surface area contributed by atoms with Crippen LogP contribution in [0.4, 0.5) is 4.39 Å². The Kier molecular flexibility index (Phi) is 4.20. The van der Waals surface area contributed by atoms with Crippen LogP contribution in [0.5, 0.6) is 0 Å². The third-order valence-corrected chi connectivity index (χ3v) is 3.49. The Morgan fingerprint density at radius 2 is 1.65 bits per heavy atom. The molecule has 3 aromatic rings. The van der Waals surface area contributed by atoms with E-state index in [-0.39, 0.29) is 11.6 Å². The van der Waals surface area contributed by atoms with E-state index in [1.165, 1.54) is 35.9 Å². The maximum Gasteiger partial charge on any atom is 0.185 e. The van der Waals surface area contributed by atoms with Crippen LogP contribution in [-0.4, -0.2) is 5.78 Å². The monoisotopic (exact) mass is 306 g/mol. The van der Waals surface area contributed by atoms with E-state index < -0.39 is 0 Å². The van der Waals surface area contributed by atoms with Crippen molar-refractivity contribution in [2.75, 3.05) is 0 Å². The number of hydrogen-bond donors (Lipinski definition) is 0. The molecule has 0 fully saturated rings. The summed E-state index contributed by atoms with van der Waals surface area (Å²) in [6.45, 7) is 2.03. The van der Waals surface area contributed by atoms with Crippen LogP contribution in [-0.2, 0) is 0 Å². The van der Waals surface area contributed by atoms with Gasteiger partial charge in [0.05, 0.1) is 0 Å². The van der Waals surface area contributed by atoms with Gasteiger partial charge >= 0.3 is 0 Å². The minimum Gasteiger partial charge on any atom is -0.457 e. The van der Waals surface area contributed by atoms with E-state index in [9.17, 15) is 9.18 Å². The van der Waals surface area contributed by atoms with Gasteiger partial charge in [0.25, 0.3) is 0 Å². The lowest BCUT2D eigenvalue weighted by Crippen LogP contribution is -1.93. The van der Waals surface area contributed by atoms with Crippen molar-refractivity contribution in [2.45, 2.75) is 6.92 Å². The molecule has 0 spiro atoms. The topological polar surface area (TPSA) is 30.2 Å². The first kappa shape index (κ1) is 15.0. The zero-order valence-electron chi connectivity index (χ0n) is 12.6. The predicted octanol–water partition coefficient (Wildman–Crippen LogP) is 5.29. The van der Waals surface area contributed by atoms with Crippen LogP contribution < -0.4 is 0 Å². The molecule has 0 aliphatic rings. The van der Waals surface area contributed by atoms with Crippen LogP contribution in [0.15, 0.2) is 71.2 Å². The average molecular weight is 306 g/mol. The number of ketones is 1. The fourth-order valence-electron chi connectivity index (χ4n) is 2.18. The summed E-state index contributed by atoms with van der Waals surface area (Å²) in [5, 5.41) is 0. The molecule has 0 amide bonds. The number of allylic oxidation sites excluding steroid dienone is 1. The first-order valence-electron chi connectivity index (χ1n) is 7.27. The molecule has 0 atom stereocenters. The molecule has 0 radical (unpaired) electrons. The first-order chi connectivity index (χ1) is 11.1. The Morgan fingerprint density at radius 1 is 0.957 bits per heavy atom. The van der Waals surface area contributed by atoms with Crippen molar-refractivity contribution in [3.63, 3.8) is 0 Å². The number of halogens is 1. The van der Waals surface area contributed by atoms with Gasteiger partial charge < -0.3 is 4.42 Å². The molecular formula is C20H15FO2. The van der Waals surface area contributed by atoms with Gasteiger partial charge in [0.2, 0.25) is 0 Å². The van der Waals surface area contributed by atoms with Gasteiger partial charge in [-0.15, -0.1) is 0 Å². The summed E-state index contributed by atoms with van der Waals surface area (Å²) in [6, 6.07) is 17.2. The largest absolute Gasteiger partial charge is 0.457 e. The van der Waals surface area contributed by atoms with E-state index in [2.05, 4.69) is 0 Å². The van der Waals surface area contributed by atoms with Crippen molar-refractivity contribution in [3.8, 4) is 11.3 Å². The number of aryl methyl sites for hydroxylation is 1. The zero-order chi connectivity index (χ0) is 16.2. The van der Waals surface area contributed by atoms with Gasteiger partial charge in [-0.2, -0.15) is 0 Å². The second-order valence-corrected chi connectivity index (χ2v) is 5.27. The third-order valence-electron chi connectivity index (χ3n) is 3.49. The lowest BCUT2D eigenvalue weighted by molar-refractivity contribution is 0.104. The van der Waals surface area contributed by atoms with Crippen molar-refractivity contribution < 1.29 is 13.6 Å². The smallest absolute Gasteiger partial charge is 0.185 e. The van der Waals surface area contributed by atoms with Crippen LogP contribution in [0.3, 0.4) is 0 Å². The zero-order valence-corrected chi connectivity index (χ0v) is 12.6. The van der Waals surface area contributed by atoms with Gasteiger partial charge in [0.1, 0.15) is 17.3 Å². The Balaban J connectivity index is 1.74. The minimum atomic E-state index is -0.362. The van der Waals surface area contributed by atoms with Gasteiger partial charge in [-0.3, -0.25) is 4.79 Å². The standard InChI is InChI=1S/C20H15FO2/c1-14-2-4-16(5-3-14)20-13-11-18(23-20)10-12-19(22)15-6-8-17(21)9-7-15/h2-13H,1H3. The summed E-state index contributed by atoms with van der Waals surface area (Å²) in [5.41, 5.74) is 2.61. The number of rotatable bonds is 4. The fraction of sp³-hybridized carbons (Fsp3) is 0.0500. The SMILES string of the molecule is Cc1ccc(-c2ccc(C=CC(=O)c3ccc(F)cc3)o2)cc1. The summed E-state index contributed by atoms with van der Waals surface area (Å²) in [5.74, 6) is 0.785. The van der Waals surface area contributed by atoms with E-state index in [4.69, 9.17) is 4.42 Å². The van der Waals surface area contributed by atoms with Crippen molar-refractivity contribution in [2.24, 2.45) is 0 Å². The molecule has 2 aromatic carbocycles. The molecule has 0 unspecified atom stereocenters. The maximum absolute atomic E-state index is 12.8. The molecule has 0 aliphatic carbocycles. The lowest BCUT2D eigenvalue weighted by atomic mass is 10.1. The molecule has 0 bridgehead atoms. The second kappa shape index (κ2) is 6.44. The summed E-state index contributed by atoms with van der Waals surface area (Å²) < 4.78 is 18.6. The Hall–Kier alpha value is -2.94. The van der Waals surface area contributed by atoms with Crippen LogP contribution in [0.25, 0.3) is 17.4 Å². The molecule has 3 heteroatoms. The quantitative estimate of drug-likeness (QED) is 0.484. The Morgan fingerprint density at radius 3 is 2.35 bits per heavy atom. The average Bonchev–Trinajstić information content (AvgIpc) is 3.03. The highest BCUT2D eigenvalue weighted by Crippen LogP contribution is 2.23. The number of furan rings is 1. The Bertz CT molecular complexity index is 840. The van der Waals surface area contributed by atoms with Crippen LogP contribution in [0.2, 0.25) is 0 Å². The molecular weight excluding hydrogens is 291 g/mol. The first-order valence-corrected chi connectivity index (χ1v) is 7.27. The highest BCUT2D eigenvalue weighted by molar-refractivity contribution is 6.06. The predicted molar refractivity (Wildman–Crippen MR) is 88.6 cm³/mol.